The number of nitrogens with one attached hydrogen (secondary N) is 2. The molecule has 0 atom stereocenters. The van der Waals surface area contributed by atoms with Gasteiger partial charge in [0.25, 0.3) is 11.8 Å². The van der Waals surface area contributed by atoms with Crippen molar-refractivity contribution >= 4 is 40.7 Å². The molecule has 120 valence electrons. The highest BCUT2D eigenvalue weighted by molar-refractivity contribution is 6.36. The van der Waals surface area contributed by atoms with E-state index >= 15 is 0 Å². The third-order valence-corrected chi connectivity index (χ3v) is 3.36. The zero-order valence-corrected chi connectivity index (χ0v) is 13.6. The van der Waals surface area contributed by atoms with E-state index in [0.717, 1.165) is 0 Å². The van der Waals surface area contributed by atoms with Crippen molar-refractivity contribution in [1.82, 2.24) is 10.7 Å². The summed E-state index contributed by atoms with van der Waals surface area (Å²) in [6.45, 7) is 1.44. The van der Waals surface area contributed by atoms with Gasteiger partial charge in [-0.1, -0.05) is 23.2 Å². The van der Waals surface area contributed by atoms with Gasteiger partial charge in [0.05, 0.1) is 23.4 Å². The molecule has 0 aliphatic carbocycles. The SMILES string of the molecule is C/C(=N/NC(=O)CNC(=O)c1ccc(Cl)cc1Cl)c1ccco1. The average molecular weight is 354 g/mol. The number of nitrogens with zero attached hydrogens (tertiary/aromatic N) is 1. The maximum Gasteiger partial charge on any atom is 0.259 e. The van der Waals surface area contributed by atoms with Crippen molar-refractivity contribution in [3.8, 4) is 0 Å². The first-order valence-electron chi connectivity index (χ1n) is 6.57. The fraction of sp³-hybridized carbons (Fsp3) is 0.133. The van der Waals surface area contributed by atoms with Crippen LogP contribution >= 0.6 is 23.2 Å². The fourth-order valence-electron chi connectivity index (χ4n) is 1.65. The number of halogens is 2. The number of amides is 2. The van der Waals surface area contributed by atoms with E-state index < -0.39 is 11.8 Å². The summed E-state index contributed by atoms with van der Waals surface area (Å²) in [5, 5.41) is 6.95. The maximum atomic E-state index is 11.9. The lowest BCUT2D eigenvalue weighted by Crippen LogP contribution is -2.35. The van der Waals surface area contributed by atoms with Gasteiger partial charge in [0.15, 0.2) is 0 Å². The largest absolute Gasteiger partial charge is 0.463 e. The predicted octanol–water partition coefficient (Wildman–Crippen LogP) is 2.86. The Hall–Kier alpha value is -2.31. The van der Waals surface area contributed by atoms with Crippen molar-refractivity contribution < 1.29 is 14.0 Å². The summed E-state index contributed by atoms with van der Waals surface area (Å²) >= 11 is 11.7. The third kappa shape index (κ3) is 4.84. The van der Waals surface area contributed by atoms with Gasteiger partial charge in [0.2, 0.25) is 0 Å². The Morgan fingerprint density at radius 2 is 2.04 bits per heavy atom. The van der Waals surface area contributed by atoms with Crippen LogP contribution in [0, 0.1) is 0 Å². The fourth-order valence-corrected chi connectivity index (χ4v) is 2.15. The Morgan fingerprint density at radius 1 is 1.26 bits per heavy atom. The number of rotatable bonds is 5. The average Bonchev–Trinajstić information content (AvgIpc) is 3.04. The first kappa shape index (κ1) is 17.1. The van der Waals surface area contributed by atoms with E-state index in [9.17, 15) is 9.59 Å². The summed E-state index contributed by atoms with van der Waals surface area (Å²) < 4.78 is 5.13. The molecule has 0 saturated carbocycles. The quantitative estimate of drug-likeness (QED) is 0.640. The second-order valence-corrected chi connectivity index (χ2v) is 5.36. The molecular formula is C15H13Cl2N3O3. The monoisotopic (exact) mass is 353 g/mol. The second-order valence-electron chi connectivity index (χ2n) is 4.52. The number of hydrazone groups is 1. The standard InChI is InChI=1S/C15H13Cl2N3O3/c1-9(13-3-2-6-23-13)19-20-14(21)8-18-15(22)11-5-4-10(16)7-12(11)17/h2-7H,8H2,1H3,(H,18,22)(H,20,21)/b19-9-. The van der Waals surface area contributed by atoms with E-state index in [-0.39, 0.29) is 17.1 Å². The highest BCUT2D eigenvalue weighted by atomic mass is 35.5. The molecule has 0 bridgehead atoms. The lowest BCUT2D eigenvalue weighted by molar-refractivity contribution is -0.120. The van der Waals surface area contributed by atoms with Crippen molar-refractivity contribution in [3.63, 3.8) is 0 Å². The summed E-state index contributed by atoms with van der Waals surface area (Å²) in [7, 11) is 0. The highest BCUT2D eigenvalue weighted by Gasteiger charge is 2.12. The molecule has 0 spiro atoms. The van der Waals surface area contributed by atoms with Crippen molar-refractivity contribution in [2.24, 2.45) is 5.10 Å². The summed E-state index contributed by atoms with van der Waals surface area (Å²) in [6.07, 6.45) is 1.51. The molecule has 0 radical (unpaired) electrons. The van der Waals surface area contributed by atoms with Gasteiger partial charge in [-0.15, -0.1) is 0 Å². The minimum atomic E-state index is -0.478. The van der Waals surface area contributed by atoms with Gasteiger partial charge in [-0.05, 0) is 37.3 Å². The molecule has 1 heterocycles. The van der Waals surface area contributed by atoms with E-state index in [1.165, 1.54) is 18.4 Å². The van der Waals surface area contributed by atoms with Crippen LogP contribution in [0.15, 0.2) is 46.1 Å². The molecule has 2 rings (SSSR count). The molecule has 1 aromatic heterocycles. The molecule has 0 aliphatic heterocycles. The van der Waals surface area contributed by atoms with Crippen LogP contribution in [0.25, 0.3) is 0 Å². The minimum absolute atomic E-state index is 0.210. The topological polar surface area (TPSA) is 83.7 Å². The summed E-state index contributed by atoms with van der Waals surface area (Å²) in [6, 6.07) is 7.91. The van der Waals surface area contributed by atoms with Crippen molar-refractivity contribution in [3.05, 3.63) is 58.0 Å². The molecule has 2 N–H and O–H groups in total. The van der Waals surface area contributed by atoms with E-state index in [1.807, 2.05) is 0 Å². The van der Waals surface area contributed by atoms with E-state index in [4.69, 9.17) is 27.6 Å². The van der Waals surface area contributed by atoms with Crippen LogP contribution < -0.4 is 10.7 Å². The normalized spacial score (nSPS) is 11.2. The van der Waals surface area contributed by atoms with Crippen LogP contribution in [0.3, 0.4) is 0 Å². The third-order valence-electron chi connectivity index (χ3n) is 2.81. The summed E-state index contributed by atoms with van der Waals surface area (Å²) in [5.41, 5.74) is 3.07. The highest BCUT2D eigenvalue weighted by Crippen LogP contribution is 2.20. The first-order chi connectivity index (χ1) is 11.0. The Balaban J connectivity index is 1.86. The van der Waals surface area contributed by atoms with Gasteiger partial charge in [-0.25, -0.2) is 5.43 Å². The Labute approximate surface area is 142 Å². The van der Waals surface area contributed by atoms with Gasteiger partial charge in [0, 0.05) is 5.02 Å². The molecule has 0 saturated heterocycles. The van der Waals surface area contributed by atoms with Gasteiger partial charge >= 0.3 is 0 Å². The summed E-state index contributed by atoms with van der Waals surface area (Å²) in [4.78, 5) is 23.6. The van der Waals surface area contributed by atoms with E-state index in [2.05, 4.69) is 15.8 Å². The number of carbonyl (C=O) groups excluding carboxylic acids is 2. The van der Waals surface area contributed by atoms with Gasteiger partial charge in [-0.2, -0.15) is 5.10 Å². The number of hydrogen-bond acceptors (Lipinski definition) is 4. The molecule has 6 nitrogen and oxygen atoms in total. The molecule has 0 aliphatic rings. The van der Waals surface area contributed by atoms with Crippen LogP contribution in [-0.4, -0.2) is 24.1 Å². The number of benzene rings is 1. The smallest absolute Gasteiger partial charge is 0.259 e. The number of hydrogen-bond donors (Lipinski definition) is 2. The molecule has 1 aromatic carbocycles. The molecular weight excluding hydrogens is 341 g/mol. The van der Waals surface area contributed by atoms with Gasteiger partial charge < -0.3 is 9.73 Å². The zero-order valence-electron chi connectivity index (χ0n) is 12.1. The molecule has 0 unspecified atom stereocenters. The van der Waals surface area contributed by atoms with Gasteiger partial charge in [-0.3, -0.25) is 9.59 Å². The zero-order chi connectivity index (χ0) is 16.8. The van der Waals surface area contributed by atoms with Crippen LogP contribution in [0.2, 0.25) is 10.0 Å². The Bertz CT molecular complexity index is 742. The lowest BCUT2D eigenvalue weighted by Gasteiger charge is -2.06. The molecule has 8 heteroatoms. The predicted molar refractivity (Wildman–Crippen MR) is 87.9 cm³/mol. The number of furan rings is 1. The van der Waals surface area contributed by atoms with Crippen LogP contribution in [0.5, 0.6) is 0 Å². The van der Waals surface area contributed by atoms with E-state index in [1.54, 1.807) is 25.1 Å². The Kier molecular flexibility index (Phi) is 5.78. The lowest BCUT2D eigenvalue weighted by atomic mass is 10.2. The Morgan fingerprint density at radius 3 is 2.70 bits per heavy atom. The molecule has 2 amide bonds. The maximum absolute atomic E-state index is 11.9. The van der Waals surface area contributed by atoms with E-state index in [0.29, 0.717) is 16.5 Å². The molecule has 0 fully saturated rings. The summed E-state index contributed by atoms with van der Waals surface area (Å²) in [5.74, 6) is -0.412. The van der Waals surface area contributed by atoms with Crippen LogP contribution in [0.1, 0.15) is 23.0 Å². The van der Waals surface area contributed by atoms with Crippen molar-refractivity contribution in [1.29, 1.82) is 0 Å². The molecule has 23 heavy (non-hydrogen) atoms. The van der Waals surface area contributed by atoms with Crippen LogP contribution in [-0.2, 0) is 4.79 Å². The second kappa shape index (κ2) is 7.80. The first-order valence-corrected chi connectivity index (χ1v) is 7.33. The van der Waals surface area contributed by atoms with Crippen molar-refractivity contribution in [2.75, 3.05) is 6.54 Å². The molecule has 2 aromatic rings. The number of carbonyl (C=O) groups is 2. The van der Waals surface area contributed by atoms with Crippen LogP contribution in [0.4, 0.5) is 0 Å². The van der Waals surface area contributed by atoms with Gasteiger partial charge in [0.1, 0.15) is 11.5 Å². The van der Waals surface area contributed by atoms with Crippen molar-refractivity contribution in [2.45, 2.75) is 6.92 Å². The minimum Gasteiger partial charge on any atom is -0.463 e.